The van der Waals surface area contributed by atoms with Gasteiger partial charge in [-0.2, -0.15) is 0 Å². The topological polar surface area (TPSA) is 59.8 Å². The molecule has 5 nitrogen and oxygen atoms in total. The molecule has 0 aliphatic heterocycles. The highest BCUT2D eigenvalue weighted by Crippen LogP contribution is 2.22. The Bertz CT molecular complexity index is 667. The van der Waals surface area contributed by atoms with E-state index in [4.69, 9.17) is 16.0 Å². The number of esters is 1. The molecule has 0 saturated carbocycles. The molecule has 1 aromatic heterocycles. The molecule has 0 N–H and O–H groups in total. The van der Waals surface area contributed by atoms with Crippen LogP contribution in [0.4, 0.5) is 4.39 Å². The monoisotopic (exact) mass is 339 g/mol. The molecule has 7 heteroatoms. The van der Waals surface area contributed by atoms with Crippen molar-refractivity contribution in [3.63, 3.8) is 0 Å². The summed E-state index contributed by atoms with van der Waals surface area (Å²) < 4.78 is 23.7. The van der Waals surface area contributed by atoms with Crippen LogP contribution < -0.4 is 0 Å². The van der Waals surface area contributed by atoms with Gasteiger partial charge >= 0.3 is 5.97 Å². The van der Waals surface area contributed by atoms with E-state index in [1.54, 1.807) is 12.1 Å². The van der Waals surface area contributed by atoms with Crippen LogP contribution >= 0.6 is 11.6 Å². The van der Waals surface area contributed by atoms with E-state index >= 15 is 0 Å². The minimum Gasteiger partial charge on any atom is -0.469 e. The zero-order valence-corrected chi connectivity index (χ0v) is 13.2. The summed E-state index contributed by atoms with van der Waals surface area (Å²) in [5.41, 5.74) is -0.231. The molecule has 122 valence electrons. The third kappa shape index (κ3) is 4.32. The van der Waals surface area contributed by atoms with Gasteiger partial charge in [0.1, 0.15) is 11.6 Å². The van der Waals surface area contributed by atoms with E-state index in [1.807, 2.05) is 0 Å². The van der Waals surface area contributed by atoms with Gasteiger partial charge in [0.15, 0.2) is 0 Å². The lowest BCUT2D eigenvalue weighted by Crippen LogP contribution is -2.33. The van der Waals surface area contributed by atoms with Gasteiger partial charge in [0.2, 0.25) is 0 Å². The molecular weight excluding hydrogens is 325 g/mol. The fourth-order valence-electron chi connectivity index (χ4n) is 2.03. The highest BCUT2D eigenvalue weighted by atomic mass is 35.5. The van der Waals surface area contributed by atoms with Gasteiger partial charge in [-0.15, -0.1) is 0 Å². The van der Waals surface area contributed by atoms with Gasteiger partial charge in [0.25, 0.3) is 5.91 Å². The van der Waals surface area contributed by atoms with Crippen LogP contribution in [0.15, 0.2) is 41.0 Å². The highest BCUT2D eigenvalue weighted by molar-refractivity contribution is 6.33. The van der Waals surface area contributed by atoms with E-state index < -0.39 is 17.7 Å². The molecule has 0 fully saturated rings. The van der Waals surface area contributed by atoms with Crippen LogP contribution in [0.2, 0.25) is 5.02 Å². The average molecular weight is 340 g/mol. The Kier molecular flexibility index (Phi) is 5.76. The lowest BCUT2D eigenvalue weighted by atomic mass is 10.1. The van der Waals surface area contributed by atoms with Crippen LogP contribution in [0.5, 0.6) is 0 Å². The van der Waals surface area contributed by atoms with Crippen molar-refractivity contribution in [3.8, 4) is 0 Å². The van der Waals surface area contributed by atoms with E-state index in [0.717, 1.165) is 6.07 Å². The van der Waals surface area contributed by atoms with E-state index in [9.17, 15) is 14.0 Å². The SMILES string of the molecule is COC(=O)CCN(Cc1ccco1)C(=O)c1c(F)cccc1Cl. The number of furan rings is 1. The molecule has 1 amide bonds. The Morgan fingerprint density at radius 3 is 2.70 bits per heavy atom. The normalized spacial score (nSPS) is 10.4. The Morgan fingerprint density at radius 1 is 1.30 bits per heavy atom. The molecule has 1 heterocycles. The summed E-state index contributed by atoms with van der Waals surface area (Å²) in [6, 6.07) is 7.36. The highest BCUT2D eigenvalue weighted by Gasteiger charge is 2.23. The number of benzene rings is 1. The summed E-state index contributed by atoms with van der Waals surface area (Å²) >= 11 is 5.94. The third-order valence-electron chi connectivity index (χ3n) is 3.20. The second-order valence-corrected chi connectivity index (χ2v) is 5.14. The molecule has 2 aromatic rings. The van der Waals surface area contributed by atoms with Crippen LogP contribution in [0, 0.1) is 5.82 Å². The van der Waals surface area contributed by atoms with E-state index in [0.29, 0.717) is 5.76 Å². The number of rotatable bonds is 6. The largest absolute Gasteiger partial charge is 0.469 e. The van der Waals surface area contributed by atoms with Crippen molar-refractivity contribution in [3.05, 3.63) is 58.8 Å². The quantitative estimate of drug-likeness (QED) is 0.758. The Balaban J connectivity index is 2.24. The standard InChI is InChI=1S/C16H15ClFNO4/c1-22-14(20)7-8-19(10-11-4-3-9-23-11)16(21)15-12(17)5-2-6-13(15)18/h2-6,9H,7-8,10H2,1H3. The molecule has 0 bridgehead atoms. The molecule has 0 spiro atoms. The van der Waals surface area contributed by atoms with Crippen LogP contribution in [0.25, 0.3) is 0 Å². The van der Waals surface area contributed by atoms with Gasteiger partial charge in [-0.05, 0) is 24.3 Å². The summed E-state index contributed by atoms with van der Waals surface area (Å²) in [5.74, 6) is -1.30. The first-order chi connectivity index (χ1) is 11.0. The second kappa shape index (κ2) is 7.78. The molecular formula is C16H15ClFNO4. The van der Waals surface area contributed by atoms with Crippen molar-refractivity contribution >= 4 is 23.5 Å². The number of nitrogens with zero attached hydrogens (tertiary/aromatic N) is 1. The van der Waals surface area contributed by atoms with E-state index in [-0.39, 0.29) is 30.1 Å². The van der Waals surface area contributed by atoms with Crippen molar-refractivity contribution in [1.29, 1.82) is 0 Å². The Hall–Kier alpha value is -2.34. The van der Waals surface area contributed by atoms with Crippen LogP contribution in [-0.4, -0.2) is 30.4 Å². The van der Waals surface area contributed by atoms with Crippen molar-refractivity contribution in [2.75, 3.05) is 13.7 Å². The lowest BCUT2D eigenvalue weighted by Gasteiger charge is -2.22. The summed E-state index contributed by atoms with van der Waals surface area (Å²) in [6.07, 6.45) is 1.45. The fourth-order valence-corrected chi connectivity index (χ4v) is 2.28. The minimum absolute atomic E-state index is 0.0116. The zero-order valence-electron chi connectivity index (χ0n) is 12.4. The summed E-state index contributed by atoms with van der Waals surface area (Å²) in [7, 11) is 1.26. The van der Waals surface area contributed by atoms with Gasteiger partial charge in [-0.3, -0.25) is 9.59 Å². The molecule has 0 aliphatic rings. The molecule has 0 saturated heterocycles. The Morgan fingerprint density at radius 2 is 2.09 bits per heavy atom. The van der Waals surface area contributed by atoms with E-state index in [2.05, 4.69) is 4.74 Å². The predicted octanol–water partition coefficient (Wildman–Crippen LogP) is 3.28. The van der Waals surface area contributed by atoms with Gasteiger partial charge < -0.3 is 14.1 Å². The molecule has 0 radical (unpaired) electrons. The summed E-state index contributed by atoms with van der Waals surface area (Å²) in [6.45, 7) is 0.143. The van der Waals surface area contributed by atoms with Gasteiger partial charge in [-0.1, -0.05) is 17.7 Å². The van der Waals surface area contributed by atoms with Crippen LogP contribution in [-0.2, 0) is 16.1 Å². The number of carbonyl (C=O) groups excluding carboxylic acids is 2. The van der Waals surface area contributed by atoms with Crippen LogP contribution in [0.3, 0.4) is 0 Å². The first-order valence-electron chi connectivity index (χ1n) is 6.85. The first-order valence-corrected chi connectivity index (χ1v) is 7.23. The third-order valence-corrected chi connectivity index (χ3v) is 3.52. The molecule has 2 rings (SSSR count). The maximum atomic E-state index is 14.0. The summed E-state index contributed by atoms with van der Waals surface area (Å²) in [4.78, 5) is 25.2. The number of carbonyl (C=O) groups is 2. The first kappa shape index (κ1) is 17.0. The van der Waals surface area contributed by atoms with Crippen molar-refractivity contribution in [2.24, 2.45) is 0 Å². The predicted molar refractivity (Wildman–Crippen MR) is 81.5 cm³/mol. The van der Waals surface area contributed by atoms with E-state index in [1.165, 1.54) is 30.4 Å². The molecule has 0 aliphatic carbocycles. The second-order valence-electron chi connectivity index (χ2n) is 4.73. The number of hydrogen-bond donors (Lipinski definition) is 0. The van der Waals surface area contributed by atoms with Crippen LogP contribution in [0.1, 0.15) is 22.5 Å². The van der Waals surface area contributed by atoms with Crippen molar-refractivity contribution < 1.29 is 23.1 Å². The zero-order chi connectivity index (χ0) is 16.8. The number of ether oxygens (including phenoxy) is 1. The number of methoxy groups -OCH3 is 1. The van der Waals surface area contributed by atoms with Gasteiger partial charge in [0.05, 0.1) is 36.9 Å². The number of halogens is 2. The van der Waals surface area contributed by atoms with Crippen molar-refractivity contribution in [2.45, 2.75) is 13.0 Å². The number of hydrogen-bond acceptors (Lipinski definition) is 4. The molecule has 23 heavy (non-hydrogen) atoms. The summed E-state index contributed by atoms with van der Waals surface area (Å²) in [5, 5.41) is 0.0116. The maximum absolute atomic E-state index is 14.0. The fraction of sp³-hybridized carbons (Fsp3) is 0.250. The van der Waals surface area contributed by atoms with Crippen molar-refractivity contribution in [1.82, 2.24) is 4.90 Å². The maximum Gasteiger partial charge on any atom is 0.307 e. The van der Waals surface area contributed by atoms with Gasteiger partial charge in [0, 0.05) is 6.54 Å². The molecule has 0 unspecified atom stereocenters. The molecule has 1 aromatic carbocycles. The lowest BCUT2D eigenvalue weighted by molar-refractivity contribution is -0.140. The molecule has 0 atom stereocenters. The smallest absolute Gasteiger partial charge is 0.307 e. The average Bonchev–Trinajstić information content (AvgIpc) is 3.03. The van der Waals surface area contributed by atoms with Gasteiger partial charge in [-0.25, -0.2) is 4.39 Å². The number of amides is 1. The minimum atomic E-state index is -0.718. The Labute approximate surface area is 137 Å².